The van der Waals surface area contributed by atoms with Gasteiger partial charge in [0.2, 0.25) is 0 Å². The van der Waals surface area contributed by atoms with Crippen molar-refractivity contribution in [2.75, 3.05) is 13.1 Å². The second-order valence-corrected chi connectivity index (χ2v) is 8.23. The van der Waals surface area contributed by atoms with E-state index in [0.717, 1.165) is 19.6 Å². The lowest BCUT2D eigenvalue weighted by Crippen LogP contribution is -2.69. The largest absolute Gasteiger partial charge is 0.308 e. The molecule has 1 saturated carbocycles. The topological polar surface area (TPSA) is 28.2 Å². The maximum atomic E-state index is 4.71. The first kappa shape index (κ1) is 15.4. The number of rotatable bonds is 3. The van der Waals surface area contributed by atoms with E-state index in [4.69, 9.17) is 4.98 Å². The van der Waals surface area contributed by atoms with E-state index >= 15 is 0 Å². The summed E-state index contributed by atoms with van der Waals surface area (Å²) in [6.07, 6.45) is 8.08. The number of piperazine rings is 1. The van der Waals surface area contributed by atoms with Gasteiger partial charge >= 0.3 is 0 Å². The first-order valence-electron chi connectivity index (χ1n) is 8.46. The zero-order valence-corrected chi connectivity index (χ0v) is 14.6. The van der Waals surface area contributed by atoms with Crippen LogP contribution in [0.15, 0.2) is 5.38 Å². The van der Waals surface area contributed by atoms with Crippen molar-refractivity contribution in [2.45, 2.75) is 76.9 Å². The van der Waals surface area contributed by atoms with Gasteiger partial charge in [-0.1, -0.05) is 26.2 Å². The number of hydrogen-bond donors (Lipinski definition) is 1. The molecule has 1 atom stereocenters. The Morgan fingerprint density at radius 3 is 2.71 bits per heavy atom. The molecule has 1 saturated heterocycles. The average molecular weight is 308 g/mol. The van der Waals surface area contributed by atoms with E-state index in [1.807, 2.05) is 11.3 Å². The lowest BCUT2D eigenvalue weighted by Gasteiger charge is -2.55. The first-order valence-corrected chi connectivity index (χ1v) is 9.34. The Balaban J connectivity index is 1.81. The summed E-state index contributed by atoms with van der Waals surface area (Å²) in [5.41, 5.74) is 1.81. The highest BCUT2D eigenvalue weighted by Crippen LogP contribution is 2.38. The van der Waals surface area contributed by atoms with Gasteiger partial charge in [0, 0.05) is 35.2 Å². The molecule has 1 aliphatic heterocycles. The van der Waals surface area contributed by atoms with Crippen molar-refractivity contribution in [1.29, 1.82) is 0 Å². The molecule has 3 rings (SSSR count). The number of aryl methyl sites for hydroxylation is 1. The van der Waals surface area contributed by atoms with Gasteiger partial charge < -0.3 is 5.32 Å². The van der Waals surface area contributed by atoms with Crippen LogP contribution < -0.4 is 5.32 Å². The van der Waals surface area contributed by atoms with Gasteiger partial charge in [0.05, 0.1) is 6.54 Å². The molecule has 1 spiro atoms. The number of nitrogens with one attached hydrogen (secondary N) is 1. The molecular formula is C17H29N3S. The van der Waals surface area contributed by atoms with Crippen LogP contribution in [0, 0.1) is 6.92 Å². The molecular weight excluding hydrogens is 278 g/mol. The number of nitrogens with zero attached hydrogens (tertiary/aromatic N) is 2. The minimum atomic E-state index is 0.259. The molecule has 1 unspecified atom stereocenters. The second kappa shape index (κ2) is 5.98. The number of aromatic nitrogens is 1. The van der Waals surface area contributed by atoms with Crippen LogP contribution in [0.2, 0.25) is 0 Å². The van der Waals surface area contributed by atoms with Crippen LogP contribution in [0.4, 0.5) is 0 Å². The predicted octanol–water partition coefficient (Wildman–Crippen LogP) is 3.73. The van der Waals surface area contributed by atoms with Gasteiger partial charge in [-0.15, -0.1) is 11.3 Å². The molecule has 118 valence electrons. The molecule has 1 N–H and O–H groups in total. The molecule has 0 aromatic carbocycles. The van der Waals surface area contributed by atoms with Gasteiger partial charge in [-0.25, -0.2) is 4.98 Å². The predicted molar refractivity (Wildman–Crippen MR) is 89.8 cm³/mol. The lowest BCUT2D eigenvalue weighted by molar-refractivity contribution is -0.0217. The summed E-state index contributed by atoms with van der Waals surface area (Å²) < 4.78 is 0. The maximum Gasteiger partial charge on any atom is 0.107 e. The van der Waals surface area contributed by atoms with Crippen LogP contribution in [0.5, 0.6) is 0 Å². The molecule has 2 heterocycles. The fourth-order valence-corrected chi connectivity index (χ4v) is 4.72. The summed E-state index contributed by atoms with van der Waals surface area (Å²) >= 11 is 1.83. The van der Waals surface area contributed by atoms with Crippen LogP contribution in [0.25, 0.3) is 0 Å². The van der Waals surface area contributed by atoms with E-state index in [0.29, 0.717) is 5.54 Å². The van der Waals surface area contributed by atoms with Crippen molar-refractivity contribution in [3.05, 3.63) is 16.1 Å². The summed E-state index contributed by atoms with van der Waals surface area (Å²) in [6.45, 7) is 10.1. The summed E-state index contributed by atoms with van der Waals surface area (Å²) in [4.78, 5) is 7.48. The zero-order chi connectivity index (χ0) is 14.9. The minimum absolute atomic E-state index is 0.259. The van der Waals surface area contributed by atoms with Crippen LogP contribution >= 0.6 is 11.3 Å². The molecule has 0 amide bonds. The van der Waals surface area contributed by atoms with E-state index in [1.165, 1.54) is 49.2 Å². The van der Waals surface area contributed by atoms with E-state index in [1.54, 1.807) is 0 Å². The van der Waals surface area contributed by atoms with Gasteiger partial charge in [0.15, 0.2) is 0 Å². The van der Waals surface area contributed by atoms with Crippen LogP contribution in [-0.2, 0) is 6.54 Å². The average Bonchev–Trinajstić information content (AvgIpc) is 2.90. The van der Waals surface area contributed by atoms with E-state index in [2.05, 4.69) is 36.4 Å². The Bertz CT molecular complexity index is 478. The summed E-state index contributed by atoms with van der Waals surface area (Å²) in [5, 5.41) is 7.34. The Morgan fingerprint density at radius 2 is 2.10 bits per heavy atom. The Morgan fingerprint density at radius 1 is 1.33 bits per heavy atom. The molecule has 1 aromatic heterocycles. The minimum Gasteiger partial charge on any atom is -0.308 e. The third-order valence-electron chi connectivity index (χ3n) is 5.61. The Kier molecular flexibility index (Phi) is 4.40. The highest BCUT2D eigenvalue weighted by molar-refractivity contribution is 7.09. The van der Waals surface area contributed by atoms with Crippen molar-refractivity contribution in [1.82, 2.24) is 15.2 Å². The monoisotopic (exact) mass is 307 g/mol. The lowest BCUT2D eigenvalue weighted by atomic mass is 9.76. The number of thiazole rings is 1. The van der Waals surface area contributed by atoms with E-state index in [-0.39, 0.29) is 5.54 Å². The third kappa shape index (κ3) is 3.17. The molecule has 21 heavy (non-hydrogen) atoms. The molecule has 1 aromatic rings. The highest BCUT2D eigenvalue weighted by atomic mass is 32.1. The van der Waals surface area contributed by atoms with Gasteiger partial charge in [0.1, 0.15) is 5.01 Å². The zero-order valence-electron chi connectivity index (χ0n) is 13.7. The molecule has 3 nitrogen and oxygen atoms in total. The van der Waals surface area contributed by atoms with Gasteiger partial charge in [-0.05, 0) is 33.1 Å². The smallest absolute Gasteiger partial charge is 0.107 e. The summed E-state index contributed by atoms with van der Waals surface area (Å²) in [5.74, 6) is 0. The van der Waals surface area contributed by atoms with Crippen LogP contribution in [0.1, 0.15) is 63.1 Å². The van der Waals surface area contributed by atoms with Crippen molar-refractivity contribution in [3.8, 4) is 0 Å². The quantitative estimate of drug-likeness (QED) is 0.922. The SMILES string of the molecule is CCC1(C)CN(Cc2nc(C)cs2)C2(CCCCC2)CN1. The highest BCUT2D eigenvalue weighted by Gasteiger charge is 2.45. The van der Waals surface area contributed by atoms with Gasteiger partial charge in [0.25, 0.3) is 0 Å². The second-order valence-electron chi connectivity index (χ2n) is 7.29. The normalized spacial score (nSPS) is 29.9. The molecule has 2 aliphatic rings. The van der Waals surface area contributed by atoms with E-state index < -0.39 is 0 Å². The molecule has 0 bridgehead atoms. The molecule has 4 heteroatoms. The van der Waals surface area contributed by atoms with Crippen LogP contribution in [0.3, 0.4) is 0 Å². The van der Waals surface area contributed by atoms with Crippen molar-refractivity contribution < 1.29 is 0 Å². The van der Waals surface area contributed by atoms with Crippen molar-refractivity contribution in [2.24, 2.45) is 0 Å². The first-order chi connectivity index (χ1) is 10.1. The Labute approximate surface area is 133 Å². The van der Waals surface area contributed by atoms with Crippen molar-refractivity contribution >= 4 is 11.3 Å². The fourth-order valence-electron chi connectivity index (χ4n) is 3.94. The summed E-state index contributed by atoms with van der Waals surface area (Å²) in [7, 11) is 0. The van der Waals surface area contributed by atoms with Gasteiger partial charge in [-0.3, -0.25) is 4.90 Å². The van der Waals surface area contributed by atoms with Crippen molar-refractivity contribution in [3.63, 3.8) is 0 Å². The Hall–Kier alpha value is -0.450. The molecule has 0 radical (unpaired) electrons. The molecule has 2 fully saturated rings. The fraction of sp³-hybridized carbons (Fsp3) is 0.824. The standard InChI is InChI=1S/C17H29N3S/c1-4-16(3)13-20(10-15-19-14(2)11-21-15)17(12-18-16)8-6-5-7-9-17/h11,18H,4-10,12-13H2,1-3H3. The summed E-state index contributed by atoms with van der Waals surface area (Å²) in [6, 6.07) is 0. The number of hydrogen-bond acceptors (Lipinski definition) is 4. The van der Waals surface area contributed by atoms with Crippen LogP contribution in [-0.4, -0.2) is 34.1 Å². The maximum absolute atomic E-state index is 4.71. The van der Waals surface area contributed by atoms with Gasteiger partial charge in [-0.2, -0.15) is 0 Å². The molecule has 1 aliphatic carbocycles. The van der Waals surface area contributed by atoms with E-state index in [9.17, 15) is 0 Å². The third-order valence-corrected chi connectivity index (χ3v) is 6.56.